The van der Waals surface area contributed by atoms with Gasteiger partial charge in [-0.3, -0.25) is 0 Å². The molecule has 56 valence electrons. The second kappa shape index (κ2) is 3.77. The van der Waals surface area contributed by atoms with Crippen LogP contribution in [0.2, 0.25) is 0 Å². The molecule has 2 nitrogen and oxygen atoms in total. The van der Waals surface area contributed by atoms with Crippen molar-refractivity contribution in [3.63, 3.8) is 0 Å². The molecule has 0 spiro atoms. The van der Waals surface area contributed by atoms with Crippen molar-refractivity contribution in [2.45, 2.75) is 13.8 Å². The van der Waals surface area contributed by atoms with E-state index in [9.17, 15) is 0 Å². The Kier molecular flexibility index (Phi) is 3.33. The fourth-order valence-corrected chi connectivity index (χ4v) is 0.353. The Morgan fingerprint density at radius 1 is 1.40 bits per heavy atom. The monoisotopic (exact) mass is 139 g/mol. The van der Waals surface area contributed by atoms with Crippen LogP contribution in [0.5, 0.6) is 0 Å². The lowest BCUT2D eigenvalue weighted by molar-refractivity contribution is 0.425. The molecule has 0 fully saturated rings. The van der Waals surface area contributed by atoms with Crippen molar-refractivity contribution in [1.29, 1.82) is 0 Å². The van der Waals surface area contributed by atoms with E-state index in [0.29, 0.717) is 5.70 Å². The molecule has 0 rings (SSSR count). The number of hydrogen-bond donors (Lipinski definition) is 2. The number of aliphatic hydroxyl groups excluding tert-OH is 1. The van der Waals surface area contributed by atoms with Crippen LogP contribution in [0.3, 0.4) is 0 Å². The average Bonchev–Trinajstić information content (AvgIpc) is 1.82. The second-order valence-corrected chi connectivity index (χ2v) is 2.31. The lowest BCUT2D eigenvalue weighted by atomic mass is 10.3. The second-order valence-electron chi connectivity index (χ2n) is 2.31. The summed E-state index contributed by atoms with van der Waals surface area (Å²) in [4.78, 5) is 0. The van der Waals surface area contributed by atoms with Gasteiger partial charge in [-0.2, -0.15) is 0 Å². The van der Waals surface area contributed by atoms with E-state index in [2.05, 4.69) is 6.58 Å². The minimum absolute atomic E-state index is 0.0856. The topological polar surface area (TPSA) is 46.2 Å². The molecule has 0 radical (unpaired) electrons. The molecule has 0 heterocycles. The summed E-state index contributed by atoms with van der Waals surface area (Å²) in [5.41, 5.74) is 6.77. The van der Waals surface area contributed by atoms with Crippen LogP contribution in [0.25, 0.3) is 0 Å². The van der Waals surface area contributed by atoms with E-state index in [-0.39, 0.29) is 5.76 Å². The van der Waals surface area contributed by atoms with Crippen molar-refractivity contribution < 1.29 is 5.11 Å². The molecule has 3 N–H and O–H groups in total. The molecule has 0 aromatic rings. The van der Waals surface area contributed by atoms with E-state index in [0.717, 1.165) is 5.57 Å². The van der Waals surface area contributed by atoms with Gasteiger partial charge in [0.1, 0.15) is 5.76 Å². The Labute approximate surface area is 61.4 Å². The van der Waals surface area contributed by atoms with Crippen LogP contribution >= 0.6 is 0 Å². The molecule has 0 aliphatic heterocycles. The largest absolute Gasteiger partial charge is 0.506 e. The molecule has 0 aromatic heterocycles. The Bertz CT molecular complexity index is 185. The molecule has 0 aliphatic carbocycles. The highest BCUT2D eigenvalue weighted by Gasteiger charge is 1.88. The van der Waals surface area contributed by atoms with Crippen LogP contribution in [-0.4, -0.2) is 5.11 Å². The fraction of sp³-hybridized carbons (Fsp3) is 0.250. The van der Waals surface area contributed by atoms with E-state index in [1.807, 2.05) is 19.9 Å². The predicted molar refractivity (Wildman–Crippen MR) is 43.5 cm³/mol. The molecule has 0 aliphatic rings. The first-order chi connectivity index (χ1) is 4.54. The molecule has 0 bridgehead atoms. The number of hydrogen-bond acceptors (Lipinski definition) is 2. The van der Waals surface area contributed by atoms with Crippen LogP contribution in [0.15, 0.2) is 35.8 Å². The van der Waals surface area contributed by atoms with Gasteiger partial charge in [0, 0.05) is 0 Å². The highest BCUT2D eigenvalue weighted by molar-refractivity contribution is 5.24. The zero-order valence-corrected chi connectivity index (χ0v) is 6.39. The van der Waals surface area contributed by atoms with E-state index >= 15 is 0 Å². The lowest BCUT2D eigenvalue weighted by Crippen LogP contribution is -1.98. The van der Waals surface area contributed by atoms with E-state index < -0.39 is 0 Å². The summed E-state index contributed by atoms with van der Waals surface area (Å²) in [6.45, 7) is 7.16. The highest BCUT2D eigenvalue weighted by atomic mass is 16.3. The minimum atomic E-state index is -0.0856. The van der Waals surface area contributed by atoms with Crippen molar-refractivity contribution in [3.8, 4) is 0 Å². The van der Waals surface area contributed by atoms with Gasteiger partial charge in [0.15, 0.2) is 0 Å². The zero-order chi connectivity index (χ0) is 8.15. The Hall–Kier alpha value is -1.18. The molecule has 2 heteroatoms. The summed E-state index contributed by atoms with van der Waals surface area (Å²) < 4.78 is 0. The lowest BCUT2D eigenvalue weighted by Gasteiger charge is -1.94. The van der Waals surface area contributed by atoms with Gasteiger partial charge >= 0.3 is 0 Å². The fourth-order valence-electron chi connectivity index (χ4n) is 0.353. The Balaban J connectivity index is 4.19. The summed E-state index contributed by atoms with van der Waals surface area (Å²) in [5.74, 6) is -0.0856. The average molecular weight is 139 g/mol. The van der Waals surface area contributed by atoms with Crippen LogP contribution in [0, 0.1) is 0 Å². The van der Waals surface area contributed by atoms with Crippen LogP contribution in [0.1, 0.15) is 13.8 Å². The maximum Gasteiger partial charge on any atom is 0.131 e. The van der Waals surface area contributed by atoms with Gasteiger partial charge in [-0.05, 0) is 19.9 Å². The summed E-state index contributed by atoms with van der Waals surface area (Å²) in [6, 6.07) is 0. The van der Waals surface area contributed by atoms with Crippen molar-refractivity contribution in [1.82, 2.24) is 0 Å². The van der Waals surface area contributed by atoms with Gasteiger partial charge in [0.25, 0.3) is 0 Å². The molecule has 0 unspecified atom stereocenters. The van der Waals surface area contributed by atoms with Crippen LogP contribution in [-0.2, 0) is 0 Å². The molecule has 0 saturated heterocycles. The number of aliphatic hydroxyl groups is 1. The smallest absolute Gasteiger partial charge is 0.131 e. The molecule has 0 aromatic carbocycles. The van der Waals surface area contributed by atoms with Crippen molar-refractivity contribution >= 4 is 0 Å². The van der Waals surface area contributed by atoms with Crippen LogP contribution < -0.4 is 5.73 Å². The summed E-state index contributed by atoms with van der Waals surface area (Å²) in [6.07, 6.45) is 3.44. The van der Waals surface area contributed by atoms with E-state index in [1.165, 1.54) is 0 Å². The highest BCUT2D eigenvalue weighted by Crippen LogP contribution is 1.97. The molecule has 0 saturated carbocycles. The Morgan fingerprint density at radius 3 is 2.20 bits per heavy atom. The summed E-state index contributed by atoms with van der Waals surface area (Å²) >= 11 is 0. The van der Waals surface area contributed by atoms with Crippen LogP contribution in [0.4, 0.5) is 0 Å². The van der Waals surface area contributed by atoms with Gasteiger partial charge < -0.3 is 10.8 Å². The number of allylic oxidation sites excluding steroid dienone is 3. The normalized spacial score (nSPS) is 10.8. The molecular formula is C8H13NO. The first-order valence-electron chi connectivity index (χ1n) is 3.03. The number of rotatable bonds is 2. The third kappa shape index (κ3) is 3.78. The maximum absolute atomic E-state index is 8.72. The summed E-state index contributed by atoms with van der Waals surface area (Å²) in [5, 5.41) is 8.72. The molecular weight excluding hydrogens is 126 g/mol. The van der Waals surface area contributed by atoms with Gasteiger partial charge in [-0.1, -0.05) is 18.2 Å². The molecule has 0 amide bonds. The van der Waals surface area contributed by atoms with Gasteiger partial charge in [0.2, 0.25) is 0 Å². The molecule has 0 atom stereocenters. The van der Waals surface area contributed by atoms with Gasteiger partial charge in [-0.25, -0.2) is 0 Å². The van der Waals surface area contributed by atoms with E-state index in [4.69, 9.17) is 10.8 Å². The first-order valence-corrected chi connectivity index (χ1v) is 3.03. The van der Waals surface area contributed by atoms with Crippen molar-refractivity contribution in [3.05, 3.63) is 35.8 Å². The minimum Gasteiger partial charge on any atom is -0.506 e. The van der Waals surface area contributed by atoms with Crippen molar-refractivity contribution in [2.24, 2.45) is 5.73 Å². The van der Waals surface area contributed by atoms with Gasteiger partial charge in [-0.15, -0.1) is 0 Å². The van der Waals surface area contributed by atoms with Gasteiger partial charge in [0.05, 0.1) is 5.70 Å². The summed E-state index contributed by atoms with van der Waals surface area (Å²) in [7, 11) is 0. The quantitative estimate of drug-likeness (QED) is 0.453. The Morgan fingerprint density at radius 2 is 1.90 bits per heavy atom. The molecule has 10 heavy (non-hydrogen) atoms. The van der Waals surface area contributed by atoms with Crippen molar-refractivity contribution in [2.75, 3.05) is 0 Å². The third-order valence-electron chi connectivity index (χ3n) is 0.929. The number of nitrogens with two attached hydrogens (primary N) is 1. The first kappa shape index (κ1) is 8.82. The standard InChI is InChI=1S/C8H13NO/c1-6(2)4-5-8(9)7(3)10/h4-5,10H,3,9H2,1-2H3/b8-5+. The SMILES string of the molecule is C=C(O)/C(N)=C\C=C(C)C. The maximum atomic E-state index is 8.72. The van der Waals surface area contributed by atoms with E-state index in [1.54, 1.807) is 6.08 Å². The zero-order valence-electron chi connectivity index (χ0n) is 6.39. The third-order valence-corrected chi connectivity index (χ3v) is 0.929. The predicted octanol–water partition coefficient (Wildman–Crippen LogP) is 1.87.